The molecule has 19 heavy (non-hydrogen) atoms. The highest BCUT2D eigenvalue weighted by Crippen LogP contribution is 2.33. The third-order valence-corrected chi connectivity index (χ3v) is 4.66. The maximum Gasteiger partial charge on any atom is 0.122 e. The summed E-state index contributed by atoms with van der Waals surface area (Å²) in [6.07, 6.45) is 0.466. The van der Waals surface area contributed by atoms with Crippen molar-refractivity contribution in [3.63, 3.8) is 0 Å². The van der Waals surface area contributed by atoms with E-state index >= 15 is 0 Å². The van der Waals surface area contributed by atoms with Gasteiger partial charge in [-0.2, -0.15) is 0 Å². The van der Waals surface area contributed by atoms with Crippen LogP contribution in [0.1, 0.15) is 39.5 Å². The highest BCUT2D eigenvalue weighted by molar-refractivity contribution is 7.12. The fourth-order valence-corrected chi connectivity index (χ4v) is 3.17. The lowest BCUT2D eigenvalue weighted by atomic mass is 9.99. The lowest BCUT2D eigenvalue weighted by molar-refractivity contribution is 0.223. The Kier molecular flexibility index (Phi) is 4.27. The molecule has 1 atom stereocenters. The Labute approximate surface area is 118 Å². The largest absolute Gasteiger partial charge is 0.496 e. The van der Waals surface area contributed by atoms with Crippen molar-refractivity contribution in [3.05, 3.63) is 50.7 Å². The molecule has 1 heterocycles. The van der Waals surface area contributed by atoms with Gasteiger partial charge < -0.3 is 9.84 Å². The van der Waals surface area contributed by atoms with E-state index in [0.717, 1.165) is 33.7 Å². The quantitative estimate of drug-likeness (QED) is 0.914. The Morgan fingerprint density at radius 1 is 1.21 bits per heavy atom. The molecular weight excluding hydrogens is 256 g/mol. The van der Waals surface area contributed by atoms with Crippen LogP contribution >= 0.6 is 11.3 Å². The number of hydrogen-bond acceptors (Lipinski definition) is 3. The van der Waals surface area contributed by atoms with Crippen LogP contribution in [0.5, 0.6) is 5.75 Å². The smallest absolute Gasteiger partial charge is 0.122 e. The van der Waals surface area contributed by atoms with Crippen molar-refractivity contribution in [3.8, 4) is 5.75 Å². The molecule has 0 radical (unpaired) electrons. The summed E-state index contributed by atoms with van der Waals surface area (Å²) >= 11 is 1.68. The van der Waals surface area contributed by atoms with Crippen molar-refractivity contribution in [1.29, 1.82) is 0 Å². The van der Waals surface area contributed by atoms with E-state index in [0.29, 0.717) is 0 Å². The van der Waals surface area contributed by atoms with Gasteiger partial charge in [0.05, 0.1) is 7.11 Å². The average molecular weight is 276 g/mol. The predicted octanol–water partition coefficient (Wildman–Crippen LogP) is 4.02. The molecule has 0 saturated heterocycles. The summed E-state index contributed by atoms with van der Waals surface area (Å²) in [4.78, 5) is 2.31. The molecule has 3 heteroatoms. The van der Waals surface area contributed by atoms with Crippen LogP contribution in [0.25, 0.3) is 0 Å². The van der Waals surface area contributed by atoms with Crippen LogP contribution in [-0.2, 0) is 6.42 Å². The number of benzene rings is 1. The molecular formula is C16H20O2S. The van der Waals surface area contributed by atoms with E-state index in [1.165, 1.54) is 4.88 Å². The summed E-state index contributed by atoms with van der Waals surface area (Å²) in [5.74, 6) is 0.869. The van der Waals surface area contributed by atoms with Gasteiger partial charge in [-0.3, -0.25) is 0 Å². The molecule has 0 saturated carbocycles. The molecule has 0 aliphatic heterocycles. The second kappa shape index (κ2) is 5.76. The van der Waals surface area contributed by atoms with Crippen LogP contribution in [0.15, 0.2) is 24.3 Å². The summed E-state index contributed by atoms with van der Waals surface area (Å²) in [7, 11) is 1.67. The minimum Gasteiger partial charge on any atom is -0.496 e. The topological polar surface area (TPSA) is 29.5 Å². The van der Waals surface area contributed by atoms with E-state index in [2.05, 4.69) is 13.0 Å². The van der Waals surface area contributed by atoms with Crippen LogP contribution in [0.4, 0.5) is 0 Å². The highest BCUT2D eigenvalue weighted by atomic mass is 32.1. The van der Waals surface area contributed by atoms with Gasteiger partial charge >= 0.3 is 0 Å². The maximum atomic E-state index is 10.5. The molecule has 0 amide bonds. The van der Waals surface area contributed by atoms with Crippen molar-refractivity contribution in [2.24, 2.45) is 0 Å². The zero-order valence-electron chi connectivity index (χ0n) is 11.9. The molecule has 2 aromatic rings. The number of aliphatic hydroxyl groups excluding tert-OH is 1. The van der Waals surface area contributed by atoms with E-state index in [-0.39, 0.29) is 0 Å². The molecule has 1 N–H and O–H groups in total. The van der Waals surface area contributed by atoms with Gasteiger partial charge in [-0.05, 0) is 61.2 Å². The first-order valence-corrected chi connectivity index (χ1v) is 7.30. The summed E-state index contributed by atoms with van der Waals surface area (Å²) < 4.78 is 5.31. The van der Waals surface area contributed by atoms with Crippen LogP contribution in [-0.4, -0.2) is 12.2 Å². The summed E-state index contributed by atoms with van der Waals surface area (Å²) in [5.41, 5.74) is 3.07. The molecule has 0 spiro atoms. The van der Waals surface area contributed by atoms with Gasteiger partial charge in [-0.25, -0.2) is 0 Å². The van der Waals surface area contributed by atoms with Crippen LogP contribution < -0.4 is 4.74 Å². The summed E-state index contributed by atoms with van der Waals surface area (Å²) in [6, 6.07) is 8.12. The first-order valence-electron chi connectivity index (χ1n) is 6.48. The molecule has 0 aliphatic carbocycles. The second-order valence-electron chi connectivity index (χ2n) is 4.74. The van der Waals surface area contributed by atoms with E-state index in [1.54, 1.807) is 18.4 Å². The number of methoxy groups -OCH3 is 1. The normalized spacial score (nSPS) is 12.5. The Hall–Kier alpha value is -1.32. The van der Waals surface area contributed by atoms with Crippen molar-refractivity contribution in [1.82, 2.24) is 0 Å². The number of aryl methyl sites for hydroxylation is 3. The van der Waals surface area contributed by atoms with Gasteiger partial charge in [-0.1, -0.05) is 6.92 Å². The lowest BCUT2D eigenvalue weighted by Crippen LogP contribution is -2.01. The lowest BCUT2D eigenvalue weighted by Gasteiger charge is -2.15. The molecule has 0 bridgehead atoms. The Morgan fingerprint density at radius 2 is 1.95 bits per heavy atom. The minimum absolute atomic E-state index is 0.546. The average Bonchev–Trinajstić information content (AvgIpc) is 2.89. The Balaban J connectivity index is 2.38. The van der Waals surface area contributed by atoms with Crippen molar-refractivity contribution in [2.45, 2.75) is 33.3 Å². The highest BCUT2D eigenvalue weighted by Gasteiger charge is 2.16. The number of aliphatic hydroxyl groups is 1. The van der Waals surface area contributed by atoms with Gasteiger partial charge in [0, 0.05) is 9.75 Å². The monoisotopic (exact) mass is 276 g/mol. The van der Waals surface area contributed by atoms with Crippen LogP contribution in [0, 0.1) is 13.8 Å². The van der Waals surface area contributed by atoms with Gasteiger partial charge in [0.25, 0.3) is 0 Å². The van der Waals surface area contributed by atoms with Gasteiger partial charge in [0.1, 0.15) is 11.9 Å². The minimum atomic E-state index is -0.546. The van der Waals surface area contributed by atoms with Crippen LogP contribution in [0.2, 0.25) is 0 Å². The Bertz CT molecular complexity index is 572. The molecule has 1 aromatic heterocycles. The third-order valence-electron chi connectivity index (χ3n) is 3.38. The van der Waals surface area contributed by atoms with Crippen molar-refractivity contribution < 1.29 is 9.84 Å². The van der Waals surface area contributed by atoms with Crippen LogP contribution in [0.3, 0.4) is 0 Å². The molecule has 1 unspecified atom stereocenters. The van der Waals surface area contributed by atoms with Crippen molar-refractivity contribution >= 4 is 11.3 Å². The number of thiophene rings is 1. The fraction of sp³-hybridized carbons (Fsp3) is 0.375. The molecule has 2 rings (SSSR count). The fourth-order valence-electron chi connectivity index (χ4n) is 2.21. The number of rotatable bonds is 4. The summed E-state index contributed by atoms with van der Waals surface area (Å²) in [6.45, 7) is 6.14. The number of ether oxygens (including phenoxy) is 1. The molecule has 2 nitrogen and oxygen atoms in total. The molecule has 1 aromatic carbocycles. The van der Waals surface area contributed by atoms with E-state index in [4.69, 9.17) is 4.74 Å². The van der Waals surface area contributed by atoms with E-state index in [1.807, 2.05) is 32.0 Å². The molecule has 0 fully saturated rings. The Morgan fingerprint density at radius 3 is 2.53 bits per heavy atom. The van der Waals surface area contributed by atoms with Crippen molar-refractivity contribution in [2.75, 3.05) is 7.11 Å². The number of hydrogen-bond donors (Lipinski definition) is 1. The summed E-state index contributed by atoms with van der Waals surface area (Å²) in [5, 5.41) is 10.5. The van der Waals surface area contributed by atoms with Gasteiger partial charge in [-0.15, -0.1) is 11.3 Å². The second-order valence-corrected chi connectivity index (χ2v) is 5.94. The molecule has 102 valence electrons. The molecule has 0 aliphatic rings. The first kappa shape index (κ1) is 14.1. The zero-order chi connectivity index (χ0) is 14.0. The zero-order valence-corrected chi connectivity index (χ0v) is 12.7. The standard InChI is InChI=1S/C16H20O2S/c1-5-12-6-7-15(19-12)16(17)13-8-11(3)14(18-4)9-10(13)2/h6-9,16-17H,5H2,1-4H3. The van der Waals surface area contributed by atoms with Gasteiger partial charge in [0.2, 0.25) is 0 Å². The maximum absolute atomic E-state index is 10.5. The van der Waals surface area contributed by atoms with Gasteiger partial charge in [0.15, 0.2) is 0 Å². The predicted molar refractivity (Wildman–Crippen MR) is 80.2 cm³/mol. The van der Waals surface area contributed by atoms with E-state index < -0.39 is 6.10 Å². The first-order chi connectivity index (χ1) is 9.06. The van der Waals surface area contributed by atoms with E-state index in [9.17, 15) is 5.11 Å². The third kappa shape index (κ3) is 2.82. The SMILES string of the molecule is CCc1ccc(C(O)c2cc(C)c(OC)cc2C)s1.